The average molecular weight is 403 g/mol. The van der Waals surface area contributed by atoms with Gasteiger partial charge in [0.25, 0.3) is 0 Å². The molecule has 1 atom stereocenters. The third-order valence-electron chi connectivity index (χ3n) is 5.38. The van der Waals surface area contributed by atoms with Crippen molar-refractivity contribution >= 4 is 17.7 Å². The Balaban J connectivity index is 1.59. The molecule has 1 N–H and O–H groups in total. The number of hydrogen-bond donors (Lipinski definition) is 1. The van der Waals surface area contributed by atoms with Crippen molar-refractivity contribution in [2.24, 2.45) is 0 Å². The zero-order valence-corrected chi connectivity index (χ0v) is 18.1. The Hall–Kier alpha value is -2.12. The Morgan fingerprint density at radius 2 is 1.86 bits per heavy atom. The molecule has 0 saturated carbocycles. The number of piperazine rings is 1. The van der Waals surface area contributed by atoms with E-state index in [2.05, 4.69) is 28.2 Å². The van der Waals surface area contributed by atoms with E-state index < -0.39 is 17.7 Å². The molecular weight excluding hydrogens is 368 g/mol. The van der Waals surface area contributed by atoms with E-state index in [4.69, 9.17) is 4.74 Å². The van der Waals surface area contributed by atoms with Crippen molar-refractivity contribution in [3.63, 3.8) is 0 Å². The van der Waals surface area contributed by atoms with Crippen molar-refractivity contribution in [3.8, 4) is 0 Å². The maximum absolute atomic E-state index is 12.9. The lowest BCUT2D eigenvalue weighted by Crippen LogP contribution is -2.45. The fourth-order valence-electron chi connectivity index (χ4n) is 3.82. The predicted octanol–water partition coefficient (Wildman–Crippen LogP) is 2.77. The molecule has 0 spiro atoms. The van der Waals surface area contributed by atoms with Crippen molar-refractivity contribution in [3.05, 3.63) is 29.8 Å². The number of nitrogens with zero attached hydrogens (tertiary/aromatic N) is 3. The van der Waals surface area contributed by atoms with Crippen LogP contribution in [0.2, 0.25) is 0 Å². The molecule has 0 aromatic heterocycles. The lowest BCUT2D eigenvalue weighted by atomic mass is 10.1. The van der Waals surface area contributed by atoms with E-state index in [1.807, 2.05) is 39.0 Å². The molecule has 2 fully saturated rings. The van der Waals surface area contributed by atoms with Crippen LogP contribution in [0.15, 0.2) is 24.3 Å². The number of amides is 2. The van der Waals surface area contributed by atoms with E-state index in [-0.39, 0.29) is 5.91 Å². The molecular formula is C22H34N4O3. The molecule has 2 aliphatic heterocycles. The molecule has 2 aliphatic rings. The molecule has 0 bridgehead atoms. The van der Waals surface area contributed by atoms with Crippen molar-refractivity contribution in [2.45, 2.75) is 51.8 Å². The van der Waals surface area contributed by atoms with Crippen LogP contribution in [-0.4, -0.2) is 78.1 Å². The minimum atomic E-state index is -0.571. The molecule has 7 nitrogen and oxygen atoms in total. The highest BCUT2D eigenvalue weighted by Crippen LogP contribution is 2.23. The summed E-state index contributed by atoms with van der Waals surface area (Å²) in [7, 11) is 2.15. The molecule has 1 aromatic carbocycles. The highest BCUT2D eigenvalue weighted by molar-refractivity contribution is 5.96. The summed E-state index contributed by atoms with van der Waals surface area (Å²) in [6, 6.07) is 7.52. The summed E-state index contributed by atoms with van der Waals surface area (Å²) < 4.78 is 5.46. The van der Waals surface area contributed by atoms with Gasteiger partial charge in [-0.25, -0.2) is 4.79 Å². The molecule has 29 heavy (non-hydrogen) atoms. The van der Waals surface area contributed by atoms with Gasteiger partial charge in [-0.15, -0.1) is 0 Å². The van der Waals surface area contributed by atoms with Gasteiger partial charge in [-0.1, -0.05) is 12.1 Å². The quantitative estimate of drug-likeness (QED) is 0.839. The summed E-state index contributed by atoms with van der Waals surface area (Å²) in [6.07, 6.45) is 1.05. The minimum Gasteiger partial charge on any atom is -0.444 e. The summed E-state index contributed by atoms with van der Waals surface area (Å²) in [5, 5.41) is 3.00. The van der Waals surface area contributed by atoms with E-state index >= 15 is 0 Å². The number of ether oxygens (including phenoxy) is 1. The zero-order valence-electron chi connectivity index (χ0n) is 18.1. The van der Waals surface area contributed by atoms with E-state index in [1.54, 1.807) is 4.90 Å². The van der Waals surface area contributed by atoms with Gasteiger partial charge in [-0.2, -0.15) is 0 Å². The number of nitrogens with one attached hydrogen (secondary N) is 1. The van der Waals surface area contributed by atoms with Crippen LogP contribution in [-0.2, 0) is 16.1 Å². The van der Waals surface area contributed by atoms with Gasteiger partial charge in [0.2, 0.25) is 5.91 Å². The summed E-state index contributed by atoms with van der Waals surface area (Å²) in [6.45, 7) is 11.2. The minimum absolute atomic E-state index is 0.148. The Bertz CT molecular complexity index is 723. The standard InChI is InChI=1S/C22H34N4O3/c1-22(2,3)29-21(28)26-10-6-9-19(26)20(27)23-18-8-5-7-17(15-18)16-25-13-11-24(4)12-14-25/h5,7-8,15,19H,6,9-14,16H2,1-4H3,(H,23,27)/t19-/m0/s1. The lowest BCUT2D eigenvalue weighted by molar-refractivity contribution is -0.120. The molecule has 2 saturated heterocycles. The highest BCUT2D eigenvalue weighted by Gasteiger charge is 2.36. The molecule has 0 radical (unpaired) electrons. The van der Waals surface area contributed by atoms with Gasteiger partial charge in [-0.3, -0.25) is 14.6 Å². The second-order valence-corrected chi connectivity index (χ2v) is 9.10. The number of hydrogen-bond acceptors (Lipinski definition) is 5. The first-order chi connectivity index (χ1) is 13.7. The first-order valence-corrected chi connectivity index (χ1v) is 10.5. The monoisotopic (exact) mass is 402 g/mol. The van der Waals surface area contributed by atoms with E-state index in [9.17, 15) is 9.59 Å². The Morgan fingerprint density at radius 1 is 1.14 bits per heavy atom. The second kappa shape index (κ2) is 9.13. The summed E-state index contributed by atoms with van der Waals surface area (Å²) >= 11 is 0. The predicted molar refractivity (Wildman–Crippen MR) is 114 cm³/mol. The Labute approximate surface area is 174 Å². The van der Waals surface area contributed by atoms with Gasteiger partial charge in [0.15, 0.2) is 0 Å². The Kier molecular flexibility index (Phi) is 6.80. The molecule has 0 unspecified atom stereocenters. The van der Waals surface area contributed by atoms with Gasteiger partial charge in [0, 0.05) is 45.0 Å². The van der Waals surface area contributed by atoms with Crippen LogP contribution in [0.5, 0.6) is 0 Å². The van der Waals surface area contributed by atoms with Crippen LogP contribution >= 0.6 is 0 Å². The van der Waals surface area contributed by atoms with Gasteiger partial charge in [0.1, 0.15) is 11.6 Å². The number of anilines is 1. The first kappa shape index (κ1) is 21.6. The fourth-order valence-corrected chi connectivity index (χ4v) is 3.82. The Morgan fingerprint density at radius 3 is 2.55 bits per heavy atom. The molecule has 2 heterocycles. The lowest BCUT2D eigenvalue weighted by Gasteiger charge is -2.32. The van der Waals surface area contributed by atoms with E-state index in [0.717, 1.165) is 44.8 Å². The summed E-state index contributed by atoms with van der Waals surface area (Å²) in [5.41, 5.74) is 1.39. The number of benzene rings is 1. The second-order valence-electron chi connectivity index (χ2n) is 9.10. The van der Waals surface area contributed by atoms with Crippen molar-refractivity contribution in [1.82, 2.24) is 14.7 Å². The number of rotatable bonds is 4. The van der Waals surface area contributed by atoms with E-state index in [0.29, 0.717) is 13.0 Å². The molecule has 160 valence electrons. The molecule has 0 aliphatic carbocycles. The van der Waals surface area contributed by atoms with Crippen LogP contribution in [0, 0.1) is 0 Å². The zero-order chi connectivity index (χ0) is 21.0. The van der Waals surface area contributed by atoms with Gasteiger partial charge >= 0.3 is 6.09 Å². The molecule has 7 heteroatoms. The van der Waals surface area contributed by atoms with Crippen LogP contribution in [0.25, 0.3) is 0 Å². The van der Waals surface area contributed by atoms with Crippen molar-refractivity contribution < 1.29 is 14.3 Å². The summed E-state index contributed by atoms with van der Waals surface area (Å²) in [5.74, 6) is -0.148. The third-order valence-corrected chi connectivity index (χ3v) is 5.38. The maximum atomic E-state index is 12.9. The molecule has 2 amide bonds. The van der Waals surface area contributed by atoms with Gasteiger partial charge in [-0.05, 0) is 58.4 Å². The van der Waals surface area contributed by atoms with Crippen LogP contribution in [0.3, 0.4) is 0 Å². The average Bonchev–Trinajstić information content (AvgIpc) is 3.13. The molecule has 3 rings (SSSR count). The van der Waals surface area contributed by atoms with Crippen LogP contribution < -0.4 is 5.32 Å². The number of likely N-dealkylation sites (N-methyl/N-ethyl adjacent to an activating group) is 1. The topological polar surface area (TPSA) is 65.1 Å². The number of carbonyl (C=O) groups is 2. The normalized spacial score (nSPS) is 21.2. The van der Waals surface area contributed by atoms with Crippen molar-refractivity contribution in [2.75, 3.05) is 45.1 Å². The summed E-state index contributed by atoms with van der Waals surface area (Å²) in [4.78, 5) is 31.6. The first-order valence-electron chi connectivity index (χ1n) is 10.5. The van der Waals surface area contributed by atoms with E-state index in [1.165, 1.54) is 5.56 Å². The van der Waals surface area contributed by atoms with Crippen molar-refractivity contribution in [1.29, 1.82) is 0 Å². The SMILES string of the molecule is CN1CCN(Cc2cccc(NC(=O)[C@@H]3CCCN3C(=O)OC(C)(C)C)c2)CC1. The van der Waals surface area contributed by atoms with Gasteiger partial charge in [0.05, 0.1) is 0 Å². The van der Waals surface area contributed by atoms with Crippen LogP contribution in [0.1, 0.15) is 39.2 Å². The third kappa shape index (κ3) is 6.18. The fraction of sp³-hybridized carbons (Fsp3) is 0.636. The van der Waals surface area contributed by atoms with Crippen LogP contribution in [0.4, 0.5) is 10.5 Å². The number of likely N-dealkylation sites (tertiary alicyclic amines) is 1. The van der Waals surface area contributed by atoms with Gasteiger partial charge < -0.3 is 15.0 Å². The maximum Gasteiger partial charge on any atom is 0.410 e. The highest BCUT2D eigenvalue weighted by atomic mass is 16.6. The smallest absolute Gasteiger partial charge is 0.410 e. The molecule has 1 aromatic rings. The number of carbonyl (C=O) groups excluding carboxylic acids is 2. The largest absolute Gasteiger partial charge is 0.444 e.